The molecule has 0 aromatic heterocycles. The lowest BCUT2D eigenvalue weighted by Gasteiger charge is -2.32. The minimum atomic E-state index is -1.08. The Morgan fingerprint density at radius 1 is 0.975 bits per heavy atom. The highest BCUT2D eigenvalue weighted by molar-refractivity contribution is 6.37. The van der Waals surface area contributed by atoms with Crippen LogP contribution in [0.5, 0.6) is 0 Å². The van der Waals surface area contributed by atoms with Crippen molar-refractivity contribution in [2.24, 2.45) is 0 Å². The predicted molar refractivity (Wildman–Crippen MR) is 157 cm³/mol. The molecule has 40 heavy (non-hydrogen) atoms. The number of nitrogens with zero attached hydrogens (tertiary/aromatic N) is 3. The second-order valence-corrected chi connectivity index (χ2v) is 10.1. The standard InChI is InChI=1S/C30H32N6O4/c1-34-13-15-36(16-14-34)18-26(37)35(2)23-10-8-22(9-11-23)32-28(19-3-6-21(31)7-4-19)27-24-17-20(30(39)40)5-12-25(24)33-29(27)38/h3-12,17,32H,13-16,18,31H2,1-2H3,(H,33,38)(H,39,40). The summed E-state index contributed by atoms with van der Waals surface area (Å²) in [5.74, 6) is -1.41. The summed E-state index contributed by atoms with van der Waals surface area (Å²) in [5, 5.41) is 15.7. The topological polar surface area (TPSA) is 131 Å². The molecule has 206 valence electrons. The van der Waals surface area contributed by atoms with Crippen molar-refractivity contribution in [1.29, 1.82) is 0 Å². The molecule has 2 aliphatic rings. The van der Waals surface area contributed by atoms with Crippen molar-refractivity contribution in [2.45, 2.75) is 0 Å². The van der Waals surface area contributed by atoms with E-state index in [0.29, 0.717) is 46.0 Å². The number of likely N-dealkylation sites (N-methyl/N-ethyl adjacent to an activating group) is 2. The number of aromatic carboxylic acids is 1. The number of anilines is 4. The summed E-state index contributed by atoms with van der Waals surface area (Å²) >= 11 is 0. The Hall–Kier alpha value is -4.67. The van der Waals surface area contributed by atoms with Gasteiger partial charge in [-0.1, -0.05) is 12.1 Å². The van der Waals surface area contributed by atoms with Crippen molar-refractivity contribution in [3.63, 3.8) is 0 Å². The fraction of sp³-hybridized carbons (Fsp3) is 0.233. The summed E-state index contributed by atoms with van der Waals surface area (Å²) in [6.45, 7) is 4.00. The maximum Gasteiger partial charge on any atom is 0.335 e. The Morgan fingerprint density at radius 2 is 1.62 bits per heavy atom. The van der Waals surface area contributed by atoms with Crippen LogP contribution in [0.15, 0.2) is 66.7 Å². The highest BCUT2D eigenvalue weighted by Crippen LogP contribution is 2.38. The first-order chi connectivity index (χ1) is 19.2. The van der Waals surface area contributed by atoms with E-state index < -0.39 is 5.97 Å². The van der Waals surface area contributed by atoms with E-state index in [1.54, 1.807) is 42.3 Å². The molecular weight excluding hydrogens is 508 g/mol. The summed E-state index contributed by atoms with van der Waals surface area (Å²) in [7, 11) is 3.85. The molecule has 1 saturated heterocycles. The lowest BCUT2D eigenvalue weighted by atomic mass is 9.98. The van der Waals surface area contributed by atoms with Crippen molar-refractivity contribution in [3.05, 3.63) is 83.4 Å². The highest BCUT2D eigenvalue weighted by atomic mass is 16.4. The van der Waals surface area contributed by atoms with Gasteiger partial charge in [0.15, 0.2) is 0 Å². The smallest absolute Gasteiger partial charge is 0.335 e. The fourth-order valence-electron chi connectivity index (χ4n) is 4.84. The van der Waals surface area contributed by atoms with Gasteiger partial charge in [0.05, 0.1) is 23.4 Å². The van der Waals surface area contributed by atoms with Crippen LogP contribution < -0.4 is 21.3 Å². The molecule has 1 fully saturated rings. The van der Waals surface area contributed by atoms with E-state index in [1.165, 1.54) is 12.1 Å². The molecule has 2 amide bonds. The quantitative estimate of drug-likeness (QED) is 0.266. The Balaban J connectivity index is 1.43. The van der Waals surface area contributed by atoms with Gasteiger partial charge in [0.25, 0.3) is 5.91 Å². The number of piperazine rings is 1. The maximum atomic E-state index is 13.2. The number of hydrogen-bond donors (Lipinski definition) is 4. The summed E-state index contributed by atoms with van der Waals surface area (Å²) in [4.78, 5) is 43.8. The van der Waals surface area contributed by atoms with Crippen LogP contribution in [0, 0.1) is 0 Å². The first-order valence-electron chi connectivity index (χ1n) is 13.0. The van der Waals surface area contributed by atoms with Gasteiger partial charge in [0, 0.05) is 61.5 Å². The molecule has 2 heterocycles. The molecule has 10 nitrogen and oxygen atoms in total. The number of nitrogens with one attached hydrogen (secondary N) is 2. The average Bonchev–Trinajstić information content (AvgIpc) is 3.28. The number of amides is 2. The second-order valence-electron chi connectivity index (χ2n) is 10.1. The normalized spacial score (nSPS) is 16.7. The maximum absolute atomic E-state index is 13.2. The molecule has 0 saturated carbocycles. The van der Waals surface area contributed by atoms with Gasteiger partial charge in [-0.2, -0.15) is 0 Å². The number of benzene rings is 3. The molecule has 0 atom stereocenters. The van der Waals surface area contributed by atoms with Crippen LogP contribution in [0.2, 0.25) is 0 Å². The summed E-state index contributed by atoms with van der Waals surface area (Å²) in [6.07, 6.45) is 0. The Morgan fingerprint density at radius 3 is 2.27 bits per heavy atom. The number of hydrogen-bond acceptors (Lipinski definition) is 7. The van der Waals surface area contributed by atoms with E-state index in [9.17, 15) is 19.5 Å². The number of nitrogens with two attached hydrogens (primary N) is 1. The van der Waals surface area contributed by atoms with Crippen LogP contribution in [0.3, 0.4) is 0 Å². The van der Waals surface area contributed by atoms with Crippen LogP contribution >= 0.6 is 0 Å². The SMILES string of the molecule is CN1CCN(CC(=O)N(C)c2ccc(NC(=C3C(=O)Nc4ccc(C(=O)O)cc43)c3ccc(N)cc3)cc2)CC1. The van der Waals surface area contributed by atoms with Gasteiger partial charge in [0.2, 0.25) is 5.91 Å². The molecule has 0 bridgehead atoms. The molecule has 5 rings (SSSR count). The van der Waals surface area contributed by atoms with Crippen molar-refractivity contribution < 1.29 is 19.5 Å². The largest absolute Gasteiger partial charge is 0.478 e. The van der Waals surface area contributed by atoms with Gasteiger partial charge in [0.1, 0.15) is 0 Å². The van der Waals surface area contributed by atoms with E-state index in [2.05, 4.69) is 27.5 Å². The Kier molecular flexibility index (Phi) is 7.54. The van der Waals surface area contributed by atoms with E-state index >= 15 is 0 Å². The molecule has 0 spiro atoms. The van der Waals surface area contributed by atoms with Crippen LogP contribution in [0.1, 0.15) is 21.5 Å². The van der Waals surface area contributed by atoms with Crippen LogP contribution in [-0.4, -0.2) is 79.5 Å². The number of fused-ring (bicyclic) bond motifs is 1. The van der Waals surface area contributed by atoms with Crippen LogP contribution in [0.4, 0.5) is 22.7 Å². The van der Waals surface area contributed by atoms with Gasteiger partial charge >= 0.3 is 5.97 Å². The van der Waals surface area contributed by atoms with Crippen molar-refractivity contribution in [3.8, 4) is 0 Å². The minimum absolute atomic E-state index is 0.0170. The summed E-state index contributed by atoms with van der Waals surface area (Å²) in [6, 6.07) is 19.0. The molecule has 3 aromatic rings. The molecule has 10 heteroatoms. The average molecular weight is 541 g/mol. The summed E-state index contributed by atoms with van der Waals surface area (Å²) < 4.78 is 0. The lowest BCUT2D eigenvalue weighted by Crippen LogP contribution is -2.48. The highest BCUT2D eigenvalue weighted by Gasteiger charge is 2.29. The number of carboxylic acids is 1. The summed E-state index contributed by atoms with van der Waals surface area (Å²) in [5.41, 5.74) is 10.6. The van der Waals surface area contributed by atoms with Gasteiger partial charge in [-0.25, -0.2) is 4.79 Å². The third-order valence-corrected chi connectivity index (χ3v) is 7.31. The van der Waals surface area contributed by atoms with E-state index in [4.69, 9.17) is 5.73 Å². The van der Waals surface area contributed by atoms with Crippen molar-refractivity contribution in [2.75, 3.05) is 68.1 Å². The monoisotopic (exact) mass is 540 g/mol. The molecule has 3 aromatic carbocycles. The van der Waals surface area contributed by atoms with Crippen LogP contribution in [0.25, 0.3) is 11.3 Å². The zero-order chi connectivity index (χ0) is 28.4. The number of carbonyl (C=O) groups is 3. The predicted octanol–water partition coefficient (Wildman–Crippen LogP) is 3.11. The van der Waals surface area contributed by atoms with Crippen molar-refractivity contribution in [1.82, 2.24) is 9.80 Å². The van der Waals surface area contributed by atoms with Gasteiger partial charge in [-0.15, -0.1) is 0 Å². The fourth-order valence-corrected chi connectivity index (χ4v) is 4.84. The van der Waals surface area contributed by atoms with Crippen LogP contribution in [-0.2, 0) is 9.59 Å². The molecular formula is C30H32N6O4. The van der Waals surface area contributed by atoms with Gasteiger partial charge < -0.3 is 31.3 Å². The zero-order valence-electron chi connectivity index (χ0n) is 22.5. The van der Waals surface area contributed by atoms with E-state index in [-0.39, 0.29) is 17.4 Å². The minimum Gasteiger partial charge on any atom is -0.478 e. The number of rotatable bonds is 7. The number of nitrogen functional groups attached to an aromatic ring is 1. The van der Waals surface area contributed by atoms with Gasteiger partial charge in [-0.05, 0) is 67.2 Å². The van der Waals surface area contributed by atoms with Crippen molar-refractivity contribution >= 4 is 51.8 Å². The van der Waals surface area contributed by atoms with E-state index in [1.807, 2.05) is 24.3 Å². The van der Waals surface area contributed by atoms with E-state index in [0.717, 1.165) is 31.9 Å². The third kappa shape index (κ3) is 5.68. The first kappa shape index (κ1) is 26.9. The lowest BCUT2D eigenvalue weighted by molar-refractivity contribution is -0.119. The molecule has 0 aliphatic carbocycles. The molecule has 5 N–H and O–H groups in total. The molecule has 0 radical (unpaired) electrons. The molecule has 0 unspecified atom stereocenters. The third-order valence-electron chi connectivity index (χ3n) is 7.31. The number of carboxylic acid groups (broad SMARTS) is 1. The first-order valence-corrected chi connectivity index (χ1v) is 13.0. The molecule has 2 aliphatic heterocycles. The van der Waals surface area contributed by atoms with Gasteiger partial charge in [-0.3, -0.25) is 14.5 Å². The zero-order valence-corrected chi connectivity index (χ0v) is 22.5. The second kappa shape index (κ2) is 11.2. The Bertz CT molecular complexity index is 1480. The number of carbonyl (C=O) groups excluding carboxylic acids is 2. The Labute approximate surface area is 232 Å².